The summed E-state index contributed by atoms with van der Waals surface area (Å²) in [6.45, 7) is 0. The Hall–Kier alpha value is -1.24. The first-order chi connectivity index (χ1) is 7.00. The topological polar surface area (TPSA) is 44.5 Å². The zero-order valence-corrected chi connectivity index (χ0v) is 8.78. The number of nitrogens with one attached hydrogen (secondary N) is 2. The molecule has 2 aromatic heterocycles. The van der Waals surface area contributed by atoms with Crippen molar-refractivity contribution in [2.45, 2.75) is 6.18 Å². The quantitative estimate of drug-likeness (QED) is 0.827. The molecule has 0 aliphatic carbocycles. The van der Waals surface area contributed by atoms with Crippen molar-refractivity contribution in [3.05, 3.63) is 28.5 Å². The maximum Gasteiger partial charge on any atom is 0.433 e. The van der Waals surface area contributed by atoms with E-state index in [1.807, 2.05) is 5.10 Å². The molecule has 3 nitrogen and oxygen atoms in total. The summed E-state index contributed by atoms with van der Waals surface area (Å²) in [7, 11) is 0. The Kier molecular flexibility index (Phi) is 2.34. The van der Waals surface area contributed by atoms with E-state index in [4.69, 9.17) is 0 Å². The Balaban J connectivity index is 2.50. The van der Waals surface area contributed by atoms with Crippen LogP contribution >= 0.6 is 15.9 Å². The summed E-state index contributed by atoms with van der Waals surface area (Å²) in [5.74, 6) is 0. The average Bonchev–Trinajstić information content (AvgIpc) is 2.69. The van der Waals surface area contributed by atoms with Crippen LogP contribution in [0.4, 0.5) is 13.2 Å². The molecule has 2 rings (SSSR count). The molecule has 0 aliphatic heterocycles. The molecular weight excluding hydrogens is 275 g/mol. The van der Waals surface area contributed by atoms with Crippen molar-refractivity contribution < 1.29 is 13.2 Å². The van der Waals surface area contributed by atoms with E-state index in [-0.39, 0.29) is 10.2 Å². The van der Waals surface area contributed by atoms with Gasteiger partial charge in [0.25, 0.3) is 0 Å². The normalized spacial score (nSPS) is 12.0. The summed E-state index contributed by atoms with van der Waals surface area (Å²) in [5.41, 5.74) is -0.145. The van der Waals surface area contributed by atoms with Crippen LogP contribution < -0.4 is 0 Å². The summed E-state index contributed by atoms with van der Waals surface area (Å²) in [6, 6.07) is 3.32. The number of hydrogen-bond donors (Lipinski definition) is 2. The molecule has 0 bridgehead atoms. The molecule has 0 saturated heterocycles. The molecular formula is C8H5BrF3N3. The minimum atomic E-state index is -4.43. The lowest BCUT2D eigenvalue weighted by Crippen LogP contribution is -2.06. The van der Waals surface area contributed by atoms with Crippen LogP contribution in [0.15, 0.2) is 22.8 Å². The number of H-pyrrole nitrogens is 2. The van der Waals surface area contributed by atoms with Gasteiger partial charge in [-0.3, -0.25) is 5.10 Å². The minimum absolute atomic E-state index is 0.0857. The van der Waals surface area contributed by atoms with Crippen LogP contribution in [0.5, 0.6) is 0 Å². The average molecular weight is 280 g/mol. The van der Waals surface area contributed by atoms with Gasteiger partial charge in [0.2, 0.25) is 0 Å². The van der Waals surface area contributed by atoms with Crippen LogP contribution in [0.3, 0.4) is 0 Å². The standard InChI is InChI=1S/C8H5BrF3N3/c9-5-6(4-2-1-3-13-4)14-15-7(5)8(10,11)12/h1-3,13H,(H,14,15). The van der Waals surface area contributed by atoms with E-state index in [9.17, 15) is 13.2 Å². The van der Waals surface area contributed by atoms with Gasteiger partial charge >= 0.3 is 6.18 Å². The van der Waals surface area contributed by atoms with Gasteiger partial charge < -0.3 is 4.98 Å². The fraction of sp³-hybridized carbons (Fsp3) is 0.125. The molecule has 0 aromatic carbocycles. The summed E-state index contributed by atoms with van der Waals surface area (Å²) in [6.07, 6.45) is -2.82. The van der Waals surface area contributed by atoms with E-state index in [2.05, 4.69) is 26.0 Å². The van der Waals surface area contributed by atoms with E-state index in [0.29, 0.717) is 5.69 Å². The SMILES string of the molecule is FC(F)(F)c1[nH]nc(-c2ccc[nH]2)c1Br. The summed E-state index contributed by atoms with van der Waals surface area (Å²) >= 11 is 2.87. The number of rotatable bonds is 1. The Labute approximate surface area is 90.8 Å². The molecule has 0 spiro atoms. The van der Waals surface area contributed by atoms with Crippen LogP contribution in [-0.2, 0) is 6.18 Å². The predicted octanol–water partition coefficient (Wildman–Crippen LogP) is 3.19. The van der Waals surface area contributed by atoms with Crippen molar-refractivity contribution >= 4 is 15.9 Å². The number of aromatic amines is 2. The van der Waals surface area contributed by atoms with Crippen molar-refractivity contribution in [2.75, 3.05) is 0 Å². The molecule has 15 heavy (non-hydrogen) atoms. The lowest BCUT2D eigenvalue weighted by Gasteiger charge is -2.02. The Morgan fingerprint density at radius 2 is 2.07 bits per heavy atom. The van der Waals surface area contributed by atoms with Gasteiger partial charge in [0.15, 0.2) is 5.69 Å². The lowest BCUT2D eigenvalue weighted by atomic mass is 10.3. The Morgan fingerprint density at radius 1 is 1.33 bits per heavy atom. The largest absolute Gasteiger partial charge is 0.433 e. The fourth-order valence-corrected chi connectivity index (χ4v) is 1.79. The van der Waals surface area contributed by atoms with Crippen LogP contribution in [0.2, 0.25) is 0 Å². The van der Waals surface area contributed by atoms with Gasteiger partial charge in [-0.25, -0.2) is 0 Å². The third kappa shape index (κ3) is 1.79. The van der Waals surface area contributed by atoms with Gasteiger partial charge in [-0.05, 0) is 28.1 Å². The molecule has 0 aliphatic rings. The van der Waals surface area contributed by atoms with Gasteiger partial charge in [0.1, 0.15) is 5.69 Å². The number of alkyl halides is 3. The molecule has 0 fully saturated rings. The second-order valence-corrected chi connectivity index (χ2v) is 3.64. The zero-order chi connectivity index (χ0) is 11.1. The van der Waals surface area contributed by atoms with E-state index >= 15 is 0 Å². The monoisotopic (exact) mass is 279 g/mol. The van der Waals surface area contributed by atoms with Crippen molar-refractivity contribution in [2.24, 2.45) is 0 Å². The first-order valence-electron chi connectivity index (χ1n) is 3.95. The third-order valence-corrected chi connectivity index (χ3v) is 2.62. The van der Waals surface area contributed by atoms with Crippen LogP contribution in [0, 0.1) is 0 Å². The van der Waals surface area contributed by atoms with Crippen molar-refractivity contribution in [3.8, 4) is 11.4 Å². The maximum atomic E-state index is 12.4. The van der Waals surface area contributed by atoms with Gasteiger partial charge in [0.05, 0.1) is 10.2 Å². The second kappa shape index (κ2) is 3.41. The number of aromatic nitrogens is 3. The first-order valence-corrected chi connectivity index (χ1v) is 4.74. The third-order valence-electron chi connectivity index (χ3n) is 1.84. The van der Waals surface area contributed by atoms with Crippen LogP contribution in [0.25, 0.3) is 11.4 Å². The van der Waals surface area contributed by atoms with Crippen LogP contribution in [-0.4, -0.2) is 15.2 Å². The molecule has 2 N–H and O–H groups in total. The van der Waals surface area contributed by atoms with Gasteiger partial charge in [-0.15, -0.1) is 0 Å². The fourth-order valence-electron chi connectivity index (χ4n) is 1.17. The van der Waals surface area contributed by atoms with E-state index in [1.165, 1.54) is 0 Å². The second-order valence-electron chi connectivity index (χ2n) is 2.84. The van der Waals surface area contributed by atoms with E-state index < -0.39 is 11.9 Å². The summed E-state index contributed by atoms with van der Waals surface area (Å²) < 4.78 is 37.1. The highest BCUT2D eigenvalue weighted by Gasteiger charge is 2.36. The zero-order valence-electron chi connectivity index (χ0n) is 7.19. The Bertz CT molecular complexity index is 458. The highest BCUT2D eigenvalue weighted by Crippen LogP contribution is 2.37. The van der Waals surface area contributed by atoms with Gasteiger partial charge in [0, 0.05) is 6.20 Å². The molecule has 0 unspecified atom stereocenters. The smallest absolute Gasteiger partial charge is 0.360 e. The molecule has 0 radical (unpaired) electrons. The highest BCUT2D eigenvalue weighted by molar-refractivity contribution is 9.10. The maximum absolute atomic E-state index is 12.4. The molecule has 0 atom stereocenters. The van der Waals surface area contributed by atoms with Crippen molar-refractivity contribution in [3.63, 3.8) is 0 Å². The van der Waals surface area contributed by atoms with Gasteiger partial charge in [-0.2, -0.15) is 18.3 Å². The highest BCUT2D eigenvalue weighted by atomic mass is 79.9. The van der Waals surface area contributed by atoms with E-state index in [1.54, 1.807) is 18.3 Å². The van der Waals surface area contributed by atoms with Gasteiger partial charge in [-0.1, -0.05) is 0 Å². The summed E-state index contributed by atoms with van der Waals surface area (Å²) in [4.78, 5) is 2.78. The molecule has 0 saturated carbocycles. The van der Waals surface area contributed by atoms with Crippen molar-refractivity contribution in [1.82, 2.24) is 15.2 Å². The Morgan fingerprint density at radius 3 is 2.53 bits per heavy atom. The number of halogens is 4. The molecule has 80 valence electrons. The van der Waals surface area contributed by atoms with Crippen molar-refractivity contribution in [1.29, 1.82) is 0 Å². The molecule has 7 heteroatoms. The van der Waals surface area contributed by atoms with Crippen LogP contribution in [0.1, 0.15) is 5.69 Å². The summed E-state index contributed by atoms with van der Waals surface area (Å²) in [5, 5.41) is 5.56. The van der Waals surface area contributed by atoms with E-state index in [0.717, 1.165) is 0 Å². The molecule has 0 amide bonds. The molecule has 2 aromatic rings. The number of hydrogen-bond acceptors (Lipinski definition) is 1. The predicted molar refractivity (Wildman–Crippen MR) is 51.1 cm³/mol. The first kappa shape index (κ1) is 10.3. The minimum Gasteiger partial charge on any atom is -0.360 e. The number of nitrogens with zero attached hydrogens (tertiary/aromatic N) is 1. The lowest BCUT2D eigenvalue weighted by molar-refractivity contribution is -0.141. The molecule has 2 heterocycles.